The molecule has 2 aromatic carbocycles. The first-order chi connectivity index (χ1) is 15.6. The molecule has 1 saturated heterocycles. The number of rotatable bonds is 9. The number of carbonyl (C=O) groups is 1. The first-order valence-corrected chi connectivity index (χ1v) is 13.3. The summed E-state index contributed by atoms with van der Waals surface area (Å²) in [5, 5.41) is 3.00. The average Bonchev–Trinajstić information content (AvgIpc) is 3.13. The highest BCUT2D eigenvalue weighted by Gasteiger charge is 2.33. The van der Waals surface area contributed by atoms with Crippen molar-refractivity contribution in [3.63, 3.8) is 0 Å². The molecule has 2 aromatic rings. The Morgan fingerprint density at radius 1 is 1.06 bits per heavy atom. The molecular weight excluding hydrogens is 436 g/mol. The van der Waals surface area contributed by atoms with Crippen LogP contribution in [0.3, 0.4) is 0 Å². The fourth-order valence-electron chi connectivity index (χ4n) is 4.10. The summed E-state index contributed by atoms with van der Waals surface area (Å²) >= 11 is 0. The second-order valence-corrected chi connectivity index (χ2v) is 12.1. The van der Waals surface area contributed by atoms with Gasteiger partial charge in [-0.1, -0.05) is 57.2 Å². The molecule has 1 unspecified atom stereocenters. The van der Waals surface area contributed by atoms with Gasteiger partial charge in [0.25, 0.3) is 0 Å². The van der Waals surface area contributed by atoms with Crippen LogP contribution in [0.1, 0.15) is 43.9 Å². The van der Waals surface area contributed by atoms with Gasteiger partial charge in [0.1, 0.15) is 5.75 Å². The van der Waals surface area contributed by atoms with Crippen LogP contribution in [-0.4, -0.2) is 57.0 Å². The van der Waals surface area contributed by atoms with Gasteiger partial charge in [0.2, 0.25) is 5.91 Å². The molecule has 0 saturated carbocycles. The first kappa shape index (κ1) is 25.2. The van der Waals surface area contributed by atoms with Gasteiger partial charge in [0.05, 0.1) is 25.2 Å². The molecule has 1 aliphatic rings. The molecular formula is C26H36N2O4S. The van der Waals surface area contributed by atoms with Crippen molar-refractivity contribution in [2.24, 2.45) is 0 Å². The van der Waals surface area contributed by atoms with Gasteiger partial charge in [-0.15, -0.1) is 0 Å². The molecule has 0 spiro atoms. The molecule has 0 aliphatic carbocycles. The molecule has 1 atom stereocenters. The summed E-state index contributed by atoms with van der Waals surface area (Å²) in [7, 11) is -1.42. The number of nitrogens with one attached hydrogen (secondary N) is 1. The molecule has 1 amide bonds. The van der Waals surface area contributed by atoms with E-state index < -0.39 is 9.84 Å². The van der Waals surface area contributed by atoms with Gasteiger partial charge in [0, 0.05) is 19.1 Å². The second kappa shape index (κ2) is 10.7. The van der Waals surface area contributed by atoms with Crippen LogP contribution in [-0.2, 0) is 33.0 Å². The van der Waals surface area contributed by atoms with Crippen LogP contribution in [0.5, 0.6) is 5.75 Å². The van der Waals surface area contributed by atoms with Crippen LogP contribution in [0.25, 0.3) is 0 Å². The predicted octanol–water partition coefficient (Wildman–Crippen LogP) is 3.34. The summed E-state index contributed by atoms with van der Waals surface area (Å²) in [5.41, 5.74) is 3.61. The van der Waals surface area contributed by atoms with Crippen molar-refractivity contribution in [1.82, 2.24) is 10.2 Å². The Morgan fingerprint density at radius 3 is 2.24 bits per heavy atom. The molecule has 180 valence electrons. The third-order valence-corrected chi connectivity index (χ3v) is 7.92. The van der Waals surface area contributed by atoms with E-state index in [1.165, 1.54) is 11.1 Å². The van der Waals surface area contributed by atoms with Crippen molar-refractivity contribution < 1.29 is 17.9 Å². The van der Waals surface area contributed by atoms with Crippen LogP contribution in [0, 0.1) is 0 Å². The number of methoxy groups -OCH3 is 1. The molecule has 3 rings (SSSR count). The van der Waals surface area contributed by atoms with Gasteiger partial charge in [-0.3, -0.25) is 9.69 Å². The van der Waals surface area contributed by atoms with Gasteiger partial charge in [0.15, 0.2) is 9.84 Å². The van der Waals surface area contributed by atoms with E-state index in [2.05, 4.69) is 50.4 Å². The van der Waals surface area contributed by atoms with Crippen molar-refractivity contribution in [1.29, 1.82) is 0 Å². The second-order valence-electron chi connectivity index (χ2n) is 9.86. The molecule has 0 aromatic heterocycles. The summed E-state index contributed by atoms with van der Waals surface area (Å²) < 4.78 is 29.3. The van der Waals surface area contributed by atoms with Crippen LogP contribution >= 0.6 is 0 Å². The van der Waals surface area contributed by atoms with E-state index in [1.807, 2.05) is 29.2 Å². The smallest absolute Gasteiger partial charge is 0.234 e. The van der Waals surface area contributed by atoms with Gasteiger partial charge in [-0.05, 0) is 47.1 Å². The molecule has 0 radical (unpaired) electrons. The zero-order valence-corrected chi connectivity index (χ0v) is 21.0. The highest BCUT2D eigenvalue weighted by Crippen LogP contribution is 2.23. The van der Waals surface area contributed by atoms with Gasteiger partial charge in [-0.2, -0.15) is 0 Å². The molecule has 1 fully saturated rings. The summed E-state index contributed by atoms with van der Waals surface area (Å²) in [6.07, 6.45) is 1.32. The first-order valence-electron chi connectivity index (χ1n) is 11.5. The molecule has 1 aliphatic heterocycles. The summed E-state index contributed by atoms with van der Waals surface area (Å²) in [6, 6.07) is 16.0. The highest BCUT2D eigenvalue weighted by molar-refractivity contribution is 7.91. The van der Waals surface area contributed by atoms with Crippen molar-refractivity contribution in [3.8, 4) is 5.75 Å². The third-order valence-electron chi connectivity index (χ3n) is 6.17. The zero-order valence-electron chi connectivity index (χ0n) is 20.1. The lowest BCUT2D eigenvalue weighted by atomic mass is 9.86. The highest BCUT2D eigenvalue weighted by atomic mass is 32.2. The van der Waals surface area contributed by atoms with Gasteiger partial charge >= 0.3 is 0 Å². The Hall–Kier alpha value is -2.38. The fourth-order valence-corrected chi connectivity index (χ4v) is 5.86. The van der Waals surface area contributed by atoms with E-state index in [0.717, 1.165) is 17.7 Å². The van der Waals surface area contributed by atoms with E-state index in [1.54, 1.807) is 7.11 Å². The van der Waals surface area contributed by atoms with Crippen LogP contribution in [0.2, 0.25) is 0 Å². The summed E-state index contributed by atoms with van der Waals surface area (Å²) in [6.45, 7) is 7.81. The SMILES string of the molecule is COc1ccc(CN(CC(=O)NCCc2ccc(C(C)(C)C)cc2)C2CCS(=O)(=O)C2)cc1. The van der Waals surface area contributed by atoms with Gasteiger partial charge < -0.3 is 10.1 Å². The minimum atomic E-state index is -3.04. The number of amides is 1. The molecule has 1 heterocycles. The maximum Gasteiger partial charge on any atom is 0.234 e. The van der Waals surface area contributed by atoms with Crippen LogP contribution in [0.15, 0.2) is 48.5 Å². The van der Waals surface area contributed by atoms with E-state index in [9.17, 15) is 13.2 Å². The fraction of sp³-hybridized carbons (Fsp3) is 0.500. The number of hydrogen-bond acceptors (Lipinski definition) is 5. The average molecular weight is 473 g/mol. The Balaban J connectivity index is 1.57. The molecule has 33 heavy (non-hydrogen) atoms. The lowest BCUT2D eigenvalue weighted by Gasteiger charge is -2.27. The zero-order chi connectivity index (χ0) is 24.1. The Kier molecular flexibility index (Phi) is 8.19. The lowest BCUT2D eigenvalue weighted by Crippen LogP contribution is -2.43. The van der Waals surface area contributed by atoms with Gasteiger partial charge in [-0.25, -0.2) is 8.42 Å². The van der Waals surface area contributed by atoms with E-state index in [0.29, 0.717) is 19.5 Å². The number of sulfone groups is 1. The van der Waals surface area contributed by atoms with Crippen molar-refractivity contribution in [2.45, 2.75) is 51.6 Å². The quantitative estimate of drug-likeness (QED) is 0.606. The predicted molar refractivity (Wildman–Crippen MR) is 132 cm³/mol. The number of nitrogens with zero attached hydrogens (tertiary/aromatic N) is 1. The molecule has 7 heteroatoms. The maximum absolute atomic E-state index is 12.7. The normalized spacial score (nSPS) is 17.8. The monoisotopic (exact) mass is 472 g/mol. The van der Waals surface area contributed by atoms with Crippen molar-refractivity contribution >= 4 is 15.7 Å². The third kappa shape index (κ3) is 7.57. The number of hydrogen-bond donors (Lipinski definition) is 1. The molecule has 6 nitrogen and oxygen atoms in total. The Morgan fingerprint density at radius 2 is 1.70 bits per heavy atom. The lowest BCUT2D eigenvalue weighted by molar-refractivity contribution is -0.122. The van der Waals surface area contributed by atoms with E-state index in [4.69, 9.17) is 4.74 Å². The number of carbonyl (C=O) groups excluding carboxylic acids is 1. The van der Waals surface area contributed by atoms with E-state index in [-0.39, 0.29) is 35.4 Å². The molecule has 0 bridgehead atoms. The van der Waals surface area contributed by atoms with Crippen LogP contribution in [0.4, 0.5) is 0 Å². The topological polar surface area (TPSA) is 75.7 Å². The van der Waals surface area contributed by atoms with E-state index >= 15 is 0 Å². The number of ether oxygens (including phenoxy) is 1. The molecule has 1 N–H and O–H groups in total. The largest absolute Gasteiger partial charge is 0.497 e. The standard InChI is InChI=1S/C26H36N2O4S/c1-26(2,3)22-9-5-20(6-10-22)13-15-27-25(29)18-28(23-14-16-33(30,31)19-23)17-21-7-11-24(32-4)12-8-21/h5-12,23H,13-19H2,1-4H3,(H,27,29). The Labute approximate surface area is 198 Å². The maximum atomic E-state index is 12.7. The van der Waals surface area contributed by atoms with Crippen LogP contribution < -0.4 is 10.1 Å². The minimum absolute atomic E-state index is 0.0841. The minimum Gasteiger partial charge on any atom is -0.497 e. The summed E-state index contributed by atoms with van der Waals surface area (Å²) in [4.78, 5) is 14.7. The van der Waals surface area contributed by atoms with Crippen molar-refractivity contribution in [3.05, 3.63) is 65.2 Å². The summed E-state index contributed by atoms with van der Waals surface area (Å²) in [5.74, 6) is 0.973. The van der Waals surface area contributed by atoms with Crippen molar-refractivity contribution in [2.75, 3.05) is 31.7 Å². The number of benzene rings is 2. The Bertz CT molecular complexity index is 1030.